The number of unbranched alkanes of at least 4 members (excludes halogenated alkanes) is 2. The zero-order chi connectivity index (χ0) is 19.4. The lowest BCUT2D eigenvalue weighted by atomic mass is 9.98. The van der Waals surface area contributed by atoms with Crippen molar-refractivity contribution in [2.24, 2.45) is 0 Å². The molecule has 8 heteroatoms. The molecule has 0 aromatic heterocycles. The van der Waals surface area contributed by atoms with Gasteiger partial charge in [0.2, 0.25) is 0 Å². The van der Waals surface area contributed by atoms with Crippen LogP contribution in [0.1, 0.15) is 57.5 Å². The second-order valence-corrected chi connectivity index (χ2v) is 5.75. The summed E-state index contributed by atoms with van der Waals surface area (Å²) in [5.74, 6) is -2.47. The summed E-state index contributed by atoms with van der Waals surface area (Å²) in [7, 11) is 0. The van der Waals surface area contributed by atoms with Gasteiger partial charge in [0.05, 0.1) is 24.3 Å². The van der Waals surface area contributed by atoms with Crippen LogP contribution < -0.4 is 0 Å². The van der Waals surface area contributed by atoms with Crippen LogP contribution in [0.2, 0.25) is 0 Å². The average Bonchev–Trinajstić information content (AvgIpc) is 2.61. The maximum Gasteiger partial charge on any atom is 0.336 e. The minimum atomic E-state index is -1.23. The molecule has 0 amide bonds. The zero-order valence-electron chi connectivity index (χ0n) is 14.6. The van der Waals surface area contributed by atoms with Gasteiger partial charge in [0.15, 0.2) is 0 Å². The number of carboxylic acids is 2. The summed E-state index contributed by atoms with van der Waals surface area (Å²) < 4.78 is 10.8. The summed E-state index contributed by atoms with van der Waals surface area (Å²) in [6, 6.07) is 2.79. The largest absolute Gasteiger partial charge is 0.478 e. The summed E-state index contributed by atoms with van der Waals surface area (Å²) in [5, 5.41) is 36.3. The van der Waals surface area contributed by atoms with Gasteiger partial charge in [-0.05, 0) is 43.4 Å². The Bertz CT molecular complexity index is 550. The minimum Gasteiger partial charge on any atom is -0.478 e. The minimum absolute atomic E-state index is 0.0388. The van der Waals surface area contributed by atoms with Gasteiger partial charge in [-0.2, -0.15) is 0 Å². The second kappa shape index (κ2) is 12.4. The van der Waals surface area contributed by atoms with Crippen molar-refractivity contribution in [1.29, 1.82) is 0 Å². The lowest BCUT2D eigenvalue weighted by molar-refractivity contribution is 0.0675. The number of ether oxygens (including phenoxy) is 2. The van der Waals surface area contributed by atoms with Crippen molar-refractivity contribution in [2.45, 2.75) is 38.9 Å². The molecule has 0 aliphatic heterocycles. The van der Waals surface area contributed by atoms with E-state index >= 15 is 0 Å². The quantitative estimate of drug-likeness (QED) is 0.363. The fourth-order valence-corrected chi connectivity index (χ4v) is 2.35. The van der Waals surface area contributed by atoms with Gasteiger partial charge < -0.3 is 29.9 Å². The first-order valence-corrected chi connectivity index (χ1v) is 8.50. The number of rotatable bonds is 14. The van der Waals surface area contributed by atoms with Crippen molar-refractivity contribution in [1.82, 2.24) is 0 Å². The maximum atomic E-state index is 11.5. The standard InChI is InChI=1S/C18H26O8/c19-5-1-3-7-25-11-13-9-14(17(21)22)16(15(10-13)18(23)24)12-26-8-4-2-6-20/h9-10,19-20H,1-8,11-12H2,(H,21,22)(H,23,24). The fraction of sp³-hybridized carbons (Fsp3) is 0.556. The Morgan fingerprint density at radius 3 is 1.65 bits per heavy atom. The van der Waals surface area contributed by atoms with Gasteiger partial charge in [-0.25, -0.2) is 9.59 Å². The highest BCUT2D eigenvalue weighted by Crippen LogP contribution is 2.21. The van der Waals surface area contributed by atoms with Crippen LogP contribution in [0.4, 0.5) is 0 Å². The zero-order valence-corrected chi connectivity index (χ0v) is 14.6. The maximum absolute atomic E-state index is 11.5. The van der Waals surface area contributed by atoms with Crippen LogP contribution >= 0.6 is 0 Å². The number of aliphatic hydroxyl groups excluding tert-OH is 2. The van der Waals surface area contributed by atoms with Crippen LogP contribution in [-0.2, 0) is 22.7 Å². The molecule has 0 saturated heterocycles. The highest BCUT2D eigenvalue weighted by Gasteiger charge is 2.20. The highest BCUT2D eigenvalue weighted by molar-refractivity contribution is 5.97. The van der Waals surface area contributed by atoms with Gasteiger partial charge in [-0.15, -0.1) is 0 Å². The van der Waals surface area contributed by atoms with Crippen LogP contribution in [-0.4, -0.2) is 58.8 Å². The van der Waals surface area contributed by atoms with E-state index in [0.717, 1.165) is 0 Å². The van der Waals surface area contributed by atoms with Crippen LogP contribution in [0, 0.1) is 0 Å². The van der Waals surface area contributed by atoms with E-state index in [1.165, 1.54) is 12.1 Å². The molecule has 0 spiro atoms. The first kappa shape index (κ1) is 22.0. The third-order valence-corrected chi connectivity index (χ3v) is 3.68. The van der Waals surface area contributed by atoms with Crippen LogP contribution in [0.3, 0.4) is 0 Å². The number of hydrogen-bond donors (Lipinski definition) is 4. The van der Waals surface area contributed by atoms with Crippen molar-refractivity contribution in [3.63, 3.8) is 0 Å². The molecule has 4 N–H and O–H groups in total. The molecule has 0 radical (unpaired) electrons. The summed E-state index contributed by atoms with van der Waals surface area (Å²) in [6.07, 6.45) is 2.42. The van der Waals surface area contributed by atoms with Crippen LogP contribution in [0.5, 0.6) is 0 Å². The summed E-state index contributed by atoms with van der Waals surface area (Å²) in [6.45, 7) is 0.755. The monoisotopic (exact) mass is 370 g/mol. The predicted octanol–water partition coefficient (Wildman–Crippen LogP) is 1.66. The Balaban J connectivity index is 2.89. The summed E-state index contributed by atoms with van der Waals surface area (Å²) in [5.41, 5.74) is 0.313. The first-order valence-electron chi connectivity index (χ1n) is 8.50. The number of hydrogen-bond acceptors (Lipinski definition) is 6. The van der Waals surface area contributed by atoms with E-state index in [-0.39, 0.29) is 43.1 Å². The second-order valence-electron chi connectivity index (χ2n) is 5.75. The number of aromatic carboxylic acids is 2. The lowest BCUT2D eigenvalue weighted by Crippen LogP contribution is -2.13. The third kappa shape index (κ3) is 7.49. The Kier molecular flexibility index (Phi) is 10.5. The molecule has 0 aliphatic rings. The molecule has 0 bridgehead atoms. The summed E-state index contributed by atoms with van der Waals surface area (Å²) in [4.78, 5) is 23.1. The molecule has 1 aromatic rings. The van der Waals surface area contributed by atoms with Gasteiger partial charge in [0.25, 0.3) is 0 Å². The van der Waals surface area contributed by atoms with E-state index in [2.05, 4.69) is 0 Å². The number of benzene rings is 1. The Morgan fingerprint density at radius 1 is 0.769 bits per heavy atom. The SMILES string of the molecule is O=C(O)c1cc(COCCCCO)cc(C(=O)O)c1COCCCCO. The molecular formula is C18H26O8. The lowest BCUT2D eigenvalue weighted by Gasteiger charge is -2.14. The number of carboxylic acid groups (broad SMARTS) is 2. The highest BCUT2D eigenvalue weighted by atomic mass is 16.5. The summed E-state index contributed by atoms with van der Waals surface area (Å²) >= 11 is 0. The molecule has 1 aromatic carbocycles. The average molecular weight is 370 g/mol. The molecule has 0 unspecified atom stereocenters. The molecule has 8 nitrogen and oxygen atoms in total. The first-order chi connectivity index (χ1) is 12.5. The van der Waals surface area contributed by atoms with E-state index < -0.39 is 11.9 Å². The van der Waals surface area contributed by atoms with E-state index in [9.17, 15) is 19.8 Å². The molecular weight excluding hydrogens is 344 g/mol. The van der Waals surface area contributed by atoms with Gasteiger partial charge in [-0.3, -0.25) is 0 Å². The fourth-order valence-electron chi connectivity index (χ4n) is 2.35. The van der Waals surface area contributed by atoms with Crippen LogP contribution in [0.25, 0.3) is 0 Å². The molecule has 146 valence electrons. The molecule has 26 heavy (non-hydrogen) atoms. The Labute approximate surface area is 152 Å². The van der Waals surface area contributed by atoms with Crippen molar-refractivity contribution < 1.29 is 39.5 Å². The molecule has 0 aliphatic carbocycles. The molecule has 0 fully saturated rings. The normalized spacial score (nSPS) is 10.8. The Hall–Kier alpha value is -2.00. The van der Waals surface area contributed by atoms with Gasteiger partial charge in [0.1, 0.15) is 0 Å². The van der Waals surface area contributed by atoms with Crippen LogP contribution in [0.15, 0.2) is 12.1 Å². The third-order valence-electron chi connectivity index (χ3n) is 3.68. The molecule has 0 saturated carbocycles. The predicted molar refractivity (Wildman–Crippen MR) is 92.3 cm³/mol. The molecule has 0 atom stereocenters. The van der Waals surface area contributed by atoms with Crippen molar-refractivity contribution in [2.75, 3.05) is 26.4 Å². The molecule has 1 rings (SSSR count). The number of aliphatic hydroxyl groups is 2. The van der Waals surface area contributed by atoms with Crippen molar-refractivity contribution >= 4 is 11.9 Å². The van der Waals surface area contributed by atoms with Crippen molar-refractivity contribution in [3.05, 3.63) is 34.4 Å². The van der Waals surface area contributed by atoms with Crippen molar-refractivity contribution in [3.8, 4) is 0 Å². The topological polar surface area (TPSA) is 134 Å². The van der Waals surface area contributed by atoms with E-state index in [0.29, 0.717) is 44.5 Å². The van der Waals surface area contributed by atoms with Gasteiger partial charge in [0, 0.05) is 32.0 Å². The van der Waals surface area contributed by atoms with Gasteiger partial charge in [-0.1, -0.05) is 0 Å². The van der Waals surface area contributed by atoms with Gasteiger partial charge >= 0.3 is 11.9 Å². The van der Waals surface area contributed by atoms with E-state index in [1.807, 2.05) is 0 Å². The van der Waals surface area contributed by atoms with E-state index in [4.69, 9.17) is 19.7 Å². The number of carbonyl (C=O) groups is 2. The van der Waals surface area contributed by atoms with E-state index in [1.54, 1.807) is 0 Å². The Morgan fingerprint density at radius 2 is 1.23 bits per heavy atom. The smallest absolute Gasteiger partial charge is 0.336 e. The molecule has 0 heterocycles.